The third kappa shape index (κ3) is 2.72. The smallest absolute Gasteiger partial charge is 0.257 e. The summed E-state index contributed by atoms with van der Waals surface area (Å²) in [7, 11) is 0. The van der Waals surface area contributed by atoms with Crippen LogP contribution in [0.2, 0.25) is 0 Å². The zero-order valence-electron chi connectivity index (χ0n) is 7.69. The monoisotopic (exact) mass is 196 g/mol. The molecule has 76 valence electrons. The highest BCUT2D eigenvalue weighted by atomic mass is 16.5. The van der Waals surface area contributed by atoms with E-state index < -0.39 is 11.8 Å². The lowest BCUT2D eigenvalue weighted by molar-refractivity contribution is -0.160. The average Bonchev–Trinajstić information content (AvgIpc) is 2.01. The second kappa shape index (κ2) is 3.65. The molecule has 1 aromatic rings. The summed E-state index contributed by atoms with van der Waals surface area (Å²) in [6, 6.07) is 6.37. The molecule has 5 nitrogen and oxygen atoms in total. The van der Waals surface area contributed by atoms with Crippen molar-refractivity contribution in [2.45, 2.75) is 12.8 Å². The van der Waals surface area contributed by atoms with Crippen molar-refractivity contribution >= 4 is 11.6 Å². The molecule has 0 atom stereocenters. The summed E-state index contributed by atoms with van der Waals surface area (Å²) in [5.41, 5.74) is 6.01. The minimum absolute atomic E-state index is 0.210. The van der Waals surface area contributed by atoms with Crippen LogP contribution in [0.5, 0.6) is 0 Å². The minimum atomic E-state index is -2.24. The Morgan fingerprint density at radius 3 is 2.50 bits per heavy atom. The quantitative estimate of drug-likeness (QED) is 0.384. The van der Waals surface area contributed by atoms with E-state index in [4.69, 9.17) is 15.9 Å². The van der Waals surface area contributed by atoms with E-state index in [-0.39, 0.29) is 11.3 Å². The molecule has 0 saturated heterocycles. The molecule has 0 bridgehead atoms. The van der Waals surface area contributed by atoms with Crippen molar-refractivity contribution in [1.29, 1.82) is 0 Å². The highest BCUT2D eigenvalue weighted by molar-refractivity contribution is 5.99. The number of carbonyl (C=O) groups is 1. The van der Waals surface area contributed by atoms with Gasteiger partial charge >= 0.3 is 0 Å². The fourth-order valence-corrected chi connectivity index (χ4v) is 0.986. The predicted octanol–water partition coefficient (Wildman–Crippen LogP) is -0.343. The van der Waals surface area contributed by atoms with Gasteiger partial charge in [0.1, 0.15) is 0 Å². The van der Waals surface area contributed by atoms with Crippen LogP contribution in [0.3, 0.4) is 0 Å². The highest BCUT2D eigenvalue weighted by Crippen LogP contribution is 2.10. The summed E-state index contributed by atoms with van der Waals surface area (Å²) in [5, 5.41) is 19.8. The number of rotatable bonds is 2. The molecule has 5 N–H and O–H groups in total. The van der Waals surface area contributed by atoms with Crippen LogP contribution in [0.15, 0.2) is 24.3 Å². The van der Waals surface area contributed by atoms with Gasteiger partial charge in [0.25, 0.3) is 5.91 Å². The number of carbonyl (C=O) groups excluding carboxylic acids is 1. The zero-order valence-corrected chi connectivity index (χ0v) is 7.69. The number of amides is 1. The van der Waals surface area contributed by atoms with Crippen LogP contribution >= 0.6 is 0 Å². The molecule has 1 aromatic carbocycles. The van der Waals surface area contributed by atoms with E-state index in [1.165, 1.54) is 6.07 Å². The number of anilines is 1. The molecule has 0 spiro atoms. The molecule has 0 radical (unpaired) electrons. The Morgan fingerprint density at radius 1 is 1.43 bits per heavy atom. The van der Waals surface area contributed by atoms with Gasteiger partial charge in [0, 0.05) is 12.6 Å². The Bertz CT molecular complexity index is 344. The molecule has 5 heteroatoms. The second-order valence-corrected chi connectivity index (χ2v) is 3.06. The Kier molecular flexibility index (Phi) is 2.73. The Balaban J connectivity index is 2.86. The molecular weight excluding hydrogens is 184 g/mol. The molecule has 0 fully saturated rings. The van der Waals surface area contributed by atoms with Gasteiger partial charge in [-0.15, -0.1) is 0 Å². The maximum Gasteiger partial charge on any atom is 0.257 e. The lowest BCUT2D eigenvalue weighted by atomic mass is 10.1. The minimum Gasteiger partial charge on any atom is -0.398 e. The van der Waals surface area contributed by atoms with Gasteiger partial charge in [0.15, 0.2) is 0 Å². The molecule has 0 saturated carbocycles. The van der Waals surface area contributed by atoms with Crippen LogP contribution in [0.1, 0.15) is 17.3 Å². The fraction of sp³-hybridized carbons (Fsp3) is 0.222. The highest BCUT2D eigenvalue weighted by Gasteiger charge is 2.20. The number of para-hydroxylation sites is 1. The van der Waals surface area contributed by atoms with E-state index in [9.17, 15) is 4.79 Å². The van der Waals surface area contributed by atoms with Crippen LogP contribution < -0.4 is 11.1 Å². The maximum atomic E-state index is 11.4. The van der Waals surface area contributed by atoms with Crippen LogP contribution in [-0.2, 0) is 0 Å². The van der Waals surface area contributed by atoms with Crippen LogP contribution in [0, 0.1) is 0 Å². The van der Waals surface area contributed by atoms with Crippen LogP contribution in [0.25, 0.3) is 0 Å². The van der Waals surface area contributed by atoms with Crippen molar-refractivity contribution in [2.24, 2.45) is 0 Å². The van der Waals surface area contributed by atoms with Gasteiger partial charge in [-0.2, -0.15) is 0 Å². The van der Waals surface area contributed by atoms with Crippen molar-refractivity contribution in [1.82, 2.24) is 5.32 Å². The van der Waals surface area contributed by atoms with Crippen LogP contribution in [-0.4, -0.2) is 22.0 Å². The normalized spacial score (nSPS) is 11.1. The SMILES string of the molecule is CC(O)(O)NC(=O)c1ccccc1N. The number of nitrogens with one attached hydrogen (secondary N) is 1. The maximum absolute atomic E-state index is 11.4. The second-order valence-electron chi connectivity index (χ2n) is 3.06. The molecule has 0 heterocycles. The Morgan fingerprint density at radius 2 is 2.00 bits per heavy atom. The van der Waals surface area contributed by atoms with Gasteiger partial charge in [-0.1, -0.05) is 12.1 Å². The number of benzene rings is 1. The summed E-state index contributed by atoms with van der Waals surface area (Å²) in [5.74, 6) is -2.87. The van der Waals surface area contributed by atoms with Gasteiger partial charge in [-0.05, 0) is 12.1 Å². The van der Waals surface area contributed by atoms with Crippen molar-refractivity contribution < 1.29 is 15.0 Å². The molecule has 0 aliphatic carbocycles. The van der Waals surface area contributed by atoms with Crippen molar-refractivity contribution in [3.63, 3.8) is 0 Å². The largest absolute Gasteiger partial charge is 0.398 e. The third-order valence-corrected chi connectivity index (χ3v) is 1.56. The average molecular weight is 196 g/mol. The number of hydrogen-bond acceptors (Lipinski definition) is 4. The molecule has 14 heavy (non-hydrogen) atoms. The van der Waals surface area contributed by atoms with Gasteiger partial charge < -0.3 is 21.3 Å². The number of hydrogen-bond donors (Lipinski definition) is 4. The van der Waals surface area contributed by atoms with E-state index >= 15 is 0 Å². The van der Waals surface area contributed by atoms with E-state index in [1.54, 1.807) is 18.2 Å². The first-order chi connectivity index (χ1) is 6.40. The summed E-state index contributed by atoms with van der Waals surface area (Å²) in [4.78, 5) is 11.4. The Hall–Kier alpha value is -1.59. The van der Waals surface area contributed by atoms with Gasteiger partial charge in [0.05, 0.1) is 5.56 Å². The fourth-order valence-electron chi connectivity index (χ4n) is 0.986. The first-order valence-electron chi connectivity index (χ1n) is 4.02. The third-order valence-electron chi connectivity index (χ3n) is 1.56. The van der Waals surface area contributed by atoms with Gasteiger partial charge in [-0.25, -0.2) is 0 Å². The number of nitrogens with two attached hydrogens (primary N) is 1. The summed E-state index contributed by atoms with van der Waals surface area (Å²) in [6.07, 6.45) is 0. The van der Waals surface area contributed by atoms with Gasteiger partial charge in [0.2, 0.25) is 5.91 Å². The first-order valence-corrected chi connectivity index (χ1v) is 4.02. The first kappa shape index (κ1) is 10.5. The lowest BCUT2D eigenvalue weighted by Crippen LogP contribution is -2.45. The van der Waals surface area contributed by atoms with E-state index in [0.717, 1.165) is 6.92 Å². The molecule has 1 amide bonds. The van der Waals surface area contributed by atoms with Gasteiger partial charge in [-0.3, -0.25) is 4.79 Å². The van der Waals surface area contributed by atoms with Crippen LogP contribution in [0.4, 0.5) is 5.69 Å². The van der Waals surface area contributed by atoms with Crippen molar-refractivity contribution in [2.75, 3.05) is 5.73 Å². The molecular formula is C9H12N2O3. The molecule has 0 unspecified atom stereocenters. The zero-order chi connectivity index (χ0) is 10.8. The molecule has 0 aliphatic heterocycles. The number of nitrogen functional groups attached to an aromatic ring is 1. The van der Waals surface area contributed by atoms with E-state index in [0.29, 0.717) is 0 Å². The topological polar surface area (TPSA) is 95.6 Å². The number of aliphatic hydroxyl groups is 2. The molecule has 0 aliphatic rings. The van der Waals surface area contributed by atoms with E-state index in [1.807, 2.05) is 5.32 Å². The molecule has 0 aromatic heterocycles. The summed E-state index contributed by atoms with van der Waals surface area (Å²) in [6.45, 7) is 1.05. The Labute approximate surface area is 81.2 Å². The van der Waals surface area contributed by atoms with E-state index in [2.05, 4.69) is 0 Å². The summed E-state index contributed by atoms with van der Waals surface area (Å²) >= 11 is 0. The molecule has 1 rings (SSSR count). The lowest BCUT2D eigenvalue weighted by Gasteiger charge is -2.17. The van der Waals surface area contributed by atoms with Crippen molar-refractivity contribution in [3.8, 4) is 0 Å². The van der Waals surface area contributed by atoms with Crippen molar-refractivity contribution in [3.05, 3.63) is 29.8 Å². The predicted molar refractivity (Wildman–Crippen MR) is 51.2 cm³/mol. The standard InChI is InChI=1S/C9H12N2O3/c1-9(13,14)11-8(12)6-4-2-3-5-7(6)10/h2-5,13-14H,10H2,1H3,(H,11,12). The summed E-state index contributed by atoms with van der Waals surface area (Å²) < 4.78 is 0.